The van der Waals surface area contributed by atoms with Gasteiger partial charge in [0.15, 0.2) is 5.06 Å². The number of carbonyl (C=O) groups is 1. The number of carboxylic acid groups (broad SMARTS) is 1. The van der Waals surface area contributed by atoms with Crippen molar-refractivity contribution in [1.29, 1.82) is 0 Å². The minimum Gasteiger partial charge on any atom is -0.486 e. The van der Waals surface area contributed by atoms with E-state index in [1.54, 1.807) is 45.1 Å². The van der Waals surface area contributed by atoms with E-state index in [9.17, 15) is 9.90 Å². The Hall–Kier alpha value is -4.41. The summed E-state index contributed by atoms with van der Waals surface area (Å²) in [6, 6.07) is 22.4. The third kappa shape index (κ3) is 7.29. The molecule has 6 aromatic rings. The molecule has 0 saturated carbocycles. The molecule has 2 aromatic carbocycles. The molecule has 0 aliphatic rings. The summed E-state index contributed by atoms with van der Waals surface area (Å²) in [7, 11) is 1.64. The van der Waals surface area contributed by atoms with E-state index in [0.717, 1.165) is 59.4 Å². The number of ether oxygens (including phenoxy) is 2. The fourth-order valence-corrected chi connectivity index (χ4v) is 7.25. The molecule has 0 saturated heterocycles. The third-order valence-corrected chi connectivity index (χ3v) is 10.1. The number of hydrogen-bond acceptors (Lipinski definition) is 8. The van der Waals surface area contributed by atoms with Crippen molar-refractivity contribution >= 4 is 51.0 Å². The molecular formula is C37H38N4O4S2. The minimum absolute atomic E-state index is 0.135. The van der Waals surface area contributed by atoms with Crippen molar-refractivity contribution in [3.8, 4) is 21.4 Å². The number of pyridine rings is 2. The fraction of sp³-hybridized carbons (Fsp3) is 0.297. The number of para-hydroxylation sites is 1. The Morgan fingerprint density at radius 2 is 1.74 bits per heavy atom. The Morgan fingerprint density at radius 1 is 0.979 bits per heavy atom. The van der Waals surface area contributed by atoms with Crippen molar-refractivity contribution in [1.82, 2.24) is 19.5 Å². The second-order valence-corrected chi connectivity index (χ2v) is 16.0. The second kappa shape index (κ2) is 13.0. The molecule has 4 aromatic heterocycles. The van der Waals surface area contributed by atoms with Crippen LogP contribution < -0.4 is 9.47 Å². The van der Waals surface area contributed by atoms with Gasteiger partial charge in [-0.2, -0.15) is 0 Å². The summed E-state index contributed by atoms with van der Waals surface area (Å²) in [5.74, 6) is -0.211. The van der Waals surface area contributed by atoms with E-state index < -0.39 is 11.4 Å². The van der Waals surface area contributed by atoms with E-state index in [-0.39, 0.29) is 4.75 Å². The van der Waals surface area contributed by atoms with Crippen LogP contribution in [0, 0.1) is 5.41 Å². The number of aliphatic carboxylic acids is 1. The summed E-state index contributed by atoms with van der Waals surface area (Å²) >= 11 is 3.23. The van der Waals surface area contributed by atoms with Crippen LogP contribution in [-0.4, -0.2) is 42.5 Å². The molecule has 47 heavy (non-hydrogen) atoms. The topological polar surface area (TPSA) is 99.4 Å². The van der Waals surface area contributed by atoms with Crippen molar-refractivity contribution in [2.24, 2.45) is 5.41 Å². The van der Waals surface area contributed by atoms with E-state index in [0.29, 0.717) is 25.3 Å². The van der Waals surface area contributed by atoms with Crippen LogP contribution in [0.4, 0.5) is 0 Å². The van der Waals surface area contributed by atoms with Crippen molar-refractivity contribution in [2.75, 3.05) is 7.11 Å². The molecule has 0 fully saturated rings. The number of fused-ring (bicyclic) bond motifs is 2. The Labute approximate surface area is 282 Å². The lowest BCUT2D eigenvalue weighted by atomic mass is 9.88. The van der Waals surface area contributed by atoms with E-state index in [4.69, 9.17) is 19.4 Å². The first kappa shape index (κ1) is 32.5. The Morgan fingerprint density at radius 3 is 2.45 bits per heavy atom. The smallest absolute Gasteiger partial charge is 0.309 e. The Balaban J connectivity index is 1.39. The first-order valence-corrected chi connectivity index (χ1v) is 17.0. The maximum absolute atomic E-state index is 12.4. The zero-order valence-electron chi connectivity index (χ0n) is 27.4. The van der Waals surface area contributed by atoms with Gasteiger partial charge < -0.3 is 19.1 Å². The molecule has 0 atom stereocenters. The van der Waals surface area contributed by atoms with E-state index in [1.807, 2.05) is 36.4 Å². The molecule has 0 bridgehead atoms. The standard InChI is InChI=1S/C37H38N4O4S2/c1-36(2,3)47-32-28-17-27(45-22-26-16-15-24-9-7-8-10-29(24)40-26)19-38-33(28)41(30(32)18-37(4,5)35(42)43)21-23-11-13-25(14-12-23)34-39-20-31(44-6)46-34/h7-17,19-20H,18,21-22H2,1-6H3,(H,42,43). The molecular weight excluding hydrogens is 629 g/mol. The predicted molar refractivity (Wildman–Crippen MR) is 190 cm³/mol. The number of aromatic nitrogens is 4. The molecule has 242 valence electrons. The number of methoxy groups -OCH3 is 1. The number of hydrogen-bond donors (Lipinski definition) is 1. The van der Waals surface area contributed by atoms with E-state index >= 15 is 0 Å². The molecule has 0 aliphatic heterocycles. The highest BCUT2D eigenvalue weighted by Crippen LogP contribution is 2.44. The van der Waals surface area contributed by atoms with Crippen LogP contribution in [0.5, 0.6) is 10.8 Å². The summed E-state index contributed by atoms with van der Waals surface area (Å²) < 4.78 is 13.6. The van der Waals surface area contributed by atoms with E-state index in [2.05, 4.69) is 60.7 Å². The first-order valence-electron chi connectivity index (χ1n) is 15.4. The van der Waals surface area contributed by atoms with Gasteiger partial charge >= 0.3 is 5.97 Å². The number of carboxylic acids is 1. The average Bonchev–Trinajstić information content (AvgIpc) is 3.63. The molecule has 1 N–H and O–H groups in total. The molecule has 4 heterocycles. The zero-order chi connectivity index (χ0) is 33.3. The van der Waals surface area contributed by atoms with Gasteiger partial charge in [0.25, 0.3) is 0 Å². The summed E-state index contributed by atoms with van der Waals surface area (Å²) in [5.41, 5.74) is 4.58. The molecule has 0 aliphatic carbocycles. The first-order chi connectivity index (χ1) is 22.4. The SMILES string of the molecule is COc1cnc(-c2ccc(Cn3c(CC(C)(C)C(=O)O)c(SC(C)(C)C)c4cc(OCc5ccc6ccccc6n5)cnc43)cc2)s1. The van der Waals surface area contributed by atoms with Crippen molar-refractivity contribution in [2.45, 2.75) is 63.8 Å². The lowest BCUT2D eigenvalue weighted by Crippen LogP contribution is -2.28. The van der Waals surface area contributed by atoms with E-state index in [1.165, 1.54) is 11.3 Å². The highest BCUT2D eigenvalue weighted by Gasteiger charge is 2.33. The van der Waals surface area contributed by atoms with Crippen LogP contribution in [-0.2, 0) is 24.4 Å². The van der Waals surface area contributed by atoms with Crippen LogP contribution >= 0.6 is 23.1 Å². The number of thioether (sulfide) groups is 1. The van der Waals surface area contributed by atoms with Crippen molar-refractivity contribution < 1.29 is 19.4 Å². The molecule has 0 radical (unpaired) electrons. The number of nitrogens with zero attached hydrogens (tertiary/aromatic N) is 4. The predicted octanol–water partition coefficient (Wildman–Crippen LogP) is 8.89. The maximum atomic E-state index is 12.4. The molecule has 0 spiro atoms. The van der Waals surface area contributed by atoms with Crippen molar-refractivity contribution in [3.63, 3.8) is 0 Å². The maximum Gasteiger partial charge on any atom is 0.309 e. The van der Waals surface area contributed by atoms with Gasteiger partial charge in [0.1, 0.15) is 23.0 Å². The van der Waals surface area contributed by atoms with Gasteiger partial charge in [-0.25, -0.2) is 15.0 Å². The molecule has 0 amide bonds. The minimum atomic E-state index is -0.992. The van der Waals surface area contributed by atoms with Gasteiger partial charge in [-0.15, -0.1) is 11.8 Å². The third-order valence-electron chi connectivity index (χ3n) is 7.80. The molecule has 0 unspecified atom stereocenters. The molecule has 8 nitrogen and oxygen atoms in total. The van der Waals surface area contributed by atoms with Gasteiger partial charge in [-0.3, -0.25) is 4.79 Å². The molecule has 6 rings (SSSR count). The van der Waals surface area contributed by atoms with Gasteiger partial charge in [0.2, 0.25) is 0 Å². The summed E-state index contributed by atoms with van der Waals surface area (Å²) in [4.78, 5) is 27.6. The lowest BCUT2D eigenvalue weighted by Gasteiger charge is -2.24. The quantitative estimate of drug-likeness (QED) is 0.137. The molecule has 10 heteroatoms. The highest BCUT2D eigenvalue weighted by molar-refractivity contribution is 8.00. The summed E-state index contributed by atoms with van der Waals surface area (Å²) in [6.07, 6.45) is 3.81. The van der Waals surface area contributed by atoms with Crippen LogP contribution in [0.2, 0.25) is 0 Å². The zero-order valence-corrected chi connectivity index (χ0v) is 29.0. The van der Waals surface area contributed by atoms with Crippen LogP contribution in [0.1, 0.15) is 51.6 Å². The average molecular weight is 667 g/mol. The van der Waals surface area contributed by atoms with Gasteiger partial charge in [0, 0.05) is 44.6 Å². The highest BCUT2D eigenvalue weighted by atomic mass is 32.2. The Bertz CT molecular complexity index is 2060. The fourth-order valence-electron chi connectivity index (χ4n) is 5.33. The number of thiazole rings is 1. The number of rotatable bonds is 11. The second-order valence-electron chi connectivity index (χ2n) is 13.2. The normalized spacial score (nSPS) is 12.1. The summed E-state index contributed by atoms with van der Waals surface area (Å²) in [5, 5.41) is 13.8. The van der Waals surface area contributed by atoms with Gasteiger partial charge in [-0.1, -0.05) is 80.6 Å². The van der Waals surface area contributed by atoms with Gasteiger partial charge in [0.05, 0.1) is 36.1 Å². The largest absolute Gasteiger partial charge is 0.486 e. The van der Waals surface area contributed by atoms with Crippen molar-refractivity contribution in [3.05, 3.63) is 96.1 Å². The van der Waals surface area contributed by atoms with Crippen LogP contribution in [0.15, 0.2) is 84.0 Å². The Kier molecular flexibility index (Phi) is 9.00. The van der Waals surface area contributed by atoms with Gasteiger partial charge in [-0.05, 0) is 37.6 Å². The monoisotopic (exact) mass is 666 g/mol. The van der Waals surface area contributed by atoms with Crippen LogP contribution in [0.25, 0.3) is 32.5 Å². The summed E-state index contributed by atoms with van der Waals surface area (Å²) in [6.45, 7) is 10.9. The lowest BCUT2D eigenvalue weighted by molar-refractivity contribution is -0.146. The number of benzene rings is 2. The van der Waals surface area contributed by atoms with Crippen LogP contribution in [0.3, 0.4) is 0 Å².